The molecule has 0 bridgehead atoms. The van der Waals surface area contributed by atoms with Crippen LogP contribution in [0.25, 0.3) is 0 Å². The number of piperidine rings is 1. The standard InChI is InChI=1S/C16H27N3O3/c1-4-19-13(11-20)9-15(21)16(22)14(19)10-18(3)12-5-7-17(2)8-6-12/h9,12,20,22H,4-8,10-11H2,1-3H3. The molecule has 1 fully saturated rings. The van der Waals surface area contributed by atoms with Crippen molar-refractivity contribution in [3.05, 3.63) is 27.7 Å². The van der Waals surface area contributed by atoms with Crippen LogP contribution >= 0.6 is 0 Å². The average molecular weight is 309 g/mol. The molecule has 0 aliphatic carbocycles. The highest BCUT2D eigenvalue weighted by atomic mass is 16.3. The Morgan fingerprint density at radius 3 is 2.55 bits per heavy atom. The van der Waals surface area contributed by atoms with Gasteiger partial charge in [-0.3, -0.25) is 9.69 Å². The molecular formula is C16H27N3O3. The van der Waals surface area contributed by atoms with E-state index >= 15 is 0 Å². The van der Waals surface area contributed by atoms with E-state index in [1.807, 2.05) is 18.5 Å². The quantitative estimate of drug-likeness (QED) is 0.833. The maximum absolute atomic E-state index is 11.9. The third-order valence-electron chi connectivity index (χ3n) is 4.67. The molecule has 0 spiro atoms. The molecule has 22 heavy (non-hydrogen) atoms. The number of hydrogen-bond acceptors (Lipinski definition) is 5. The summed E-state index contributed by atoms with van der Waals surface area (Å²) < 4.78 is 1.84. The maximum atomic E-state index is 11.9. The maximum Gasteiger partial charge on any atom is 0.223 e. The summed E-state index contributed by atoms with van der Waals surface area (Å²) in [7, 11) is 4.16. The van der Waals surface area contributed by atoms with Crippen LogP contribution in [-0.4, -0.2) is 57.8 Å². The predicted octanol–water partition coefficient (Wildman–Crippen LogP) is 0.592. The number of aliphatic hydroxyl groups is 1. The van der Waals surface area contributed by atoms with Gasteiger partial charge in [0.15, 0.2) is 5.75 Å². The van der Waals surface area contributed by atoms with Gasteiger partial charge in [-0.25, -0.2) is 0 Å². The summed E-state index contributed by atoms with van der Waals surface area (Å²) in [6.45, 7) is 5.00. The van der Waals surface area contributed by atoms with Crippen LogP contribution in [0.15, 0.2) is 10.9 Å². The van der Waals surface area contributed by atoms with E-state index in [9.17, 15) is 15.0 Å². The van der Waals surface area contributed by atoms with Gasteiger partial charge < -0.3 is 19.7 Å². The monoisotopic (exact) mass is 309 g/mol. The highest BCUT2D eigenvalue weighted by molar-refractivity contribution is 5.30. The Kier molecular flexibility index (Phi) is 5.61. The fourth-order valence-electron chi connectivity index (χ4n) is 3.23. The van der Waals surface area contributed by atoms with E-state index in [-0.39, 0.29) is 12.4 Å². The summed E-state index contributed by atoms with van der Waals surface area (Å²) in [6.07, 6.45) is 2.17. The number of aromatic hydroxyl groups is 1. The van der Waals surface area contributed by atoms with Gasteiger partial charge in [0.2, 0.25) is 5.43 Å². The molecule has 2 heterocycles. The second-order valence-corrected chi connectivity index (χ2v) is 6.15. The van der Waals surface area contributed by atoms with Crippen molar-refractivity contribution in [2.75, 3.05) is 27.2 Å². The predicted molar refractivity (Wildman–Crippen MR) is 85.9 cm³/mol. The van der Waals surface area contributed by atoms with Crippen molar-refractivity contribution >= 4 is 0 Å². The minimum Gasteiger partial charge on any atom is -0.503 e. The molecule has 6 nitrogen and oxygen atoms in total. The molecule has 1 aromatic heterocycles. The largest absolute Gasteiger partial charge is 0.503 e. The van der Waals surface area contributed by atoms with Gasteiger partial charge >= 0.3 is 0 Å². The Morgan fingerprint density at radius 1 is 1.36 bits per heavy atom. The second kappa shape index (κ2) is 7.26. The van der Waals surface area contributed by atoms with Crippen LogP contribution < -0.4 is 5.43 Å². The van der Waals surface area contributed by atoms with Crippen molar-refractivity contribution in [3.8, 4) is 5.75 Å². The zero-order chi connectivity index (χ0) is 16.3. The number of hydrogen-bond donors (Lipinski definition) is 2. The lowest BCUT2D eigenvalue weighted by atomic mass is 10.0. The normalized spacial score (nSPS) is 17.3. The van der Waals surface area contributed by atoms with Crippen LogP contribution in [-0.2, 0) is 19.7 Å². The van der Waals surface area contributed by atoms with Crippen molar-refractivity contribution < 1.29 is 10.2 Å². The first-order valence-corrected chi connectivity index (χ1v) is 7.92. The van der Waals surface area contributed by atoms with Gasteiger partial charge in [0, 0.05) is 30.9 Å². The first-order chi connectivity index (χ1) is 10.5. The van der Waals surface area contributed by atoms with Gasteiger partial charge in [-0.2, -0.15) is 0 Å². The molecule has 0 amide bonds. The number of pyridine rings is 1. The van der Waals surface area contributed by atoms with Gasteiger partial charge in [0.25, 0.3) is 0 Å². The summed E-state index contributed by atoms with van der Waals surface area (Å²) in [5.74, 6) is -0.196. The Bertz CT molecular complexity index is 562. The smallest absolute Gasteiger partial charge is 0.223 e. The highest BCUT2D eigenvalue weighted by Crippen LogP contribution is 2.21. The van der Waals surface area contributed by atoms with Crippen molar-refractivity contribution in [2.45, 2.75) is 45.5 Å². The summed E-state index contributed by atoms with van der Waals surface area (Å²) in [5, 5.41) is 19.6. The van der Waals surface area contributed by atoms with Crippen LogP contribution in [0, 0.1) is 0 Å². The van der Waals surface area contributed by atoms with Crippen LogP contribution in [0.2, 0.25) is 0 Å². The molecule has 6 heteroatoms. The van der Waals surface area contributed by atoms with Crippen molar-refractivity contribution in [1.29, 1.82) is 0 Å². The first kappa shape index (κ1) is 17.0. The lowest BCUT2D eigenvalue weighted by molar-refractivity contribution is 0.135. The zero-order valence-electron chi connectivity index (χ0n) is 13.7. The van der Waals surface area contributed by atoms with E-state index in [0.717, 1.165) is 25.9 Å². The molecule has 0 atom stereocenters. The van der Waals surface area contributed by atoms with Crippen LogP contribution in [0.3, 0.4) is 0 Å². The fraction of sp³-hybridized carbons (Fsp3) is 0.688. The molecule has 124 valence electrons. The molecule has 1 saturated heterocycles. The fourth-order valence-corrected chi connectivity index (χ4v) is 3.23. The van der Waals surface area contributed by atoms with E-state index in [1.165, 1.54) is 6.07 Å². The SMILES string of the molecule is CCn1c(CO)cc(=O)c(O)c1CN(C)C1CCN(C)CC1. The van der Waals surface area contributed by atoms with E-state index in [4.69, 9.17) is 0 Å². The molecule has 2 rings (SSSR count). The molecule has 1 aliphatic heterocycles. The van der Waals surface area contributed by atoms with Gasteiger partial charge in [0.1, 0.15) is 0 Å². The molecule has 0 saturated carbocycles. The number of likely N-dealkylation sites (tertiary alicyclic amines) is 1. The van der Waals surface area contributed by atoms with Crippen LogP contribution in [0.4, 0.5) is 0 Å². The number of rotatable bonds is 5. The number of nitrogens with zero attached hydrogens (tertiary/aromatic N) is 3. The van der Waals surface area contributed by atoms with Gasteiger partial charge in [-0.05, 0) is 47.0 Å². The Labute approximate surface area is 131 Å². The summed E-state index contributed by atoms with van der Waals surface area (Å²) in [6, 6.07) is 1.77. The molecule has 0 unspecified atom stereocenters. The zero-order valence-corrected chi connectivity index (χ0v) is 13.7. The first-order valence-electron chi connectivity index (χ1n) is 7.92. The van der Waals surface area contributed by atoms with Crippen LogP contribution in [0.5, 0.6) is 5.75 Å². The van der Waals surface area contributed by atoms with Crippen molar-refractivity contribution in [3.63, 3.8) is 0 Å². The lowest BCUT2D eigenvalue weighted by Crippen LogP contribution is -2.42. The number of aromatic nitrogens is 1. The van der Waals surface area contributed by atoms with Gasteiger partial charge in [-0.1, -0.05) is 0 Å². The Hall–Kier alpha value is -1.37. The Balaban J connectivity index is 2.24. The average Bonchev–Trinajstić information content (AvgIpc) is 2.52. The molecule has 0 radical (unpaired) electrons. The molecule has 1 aliphatic rings. The van der Waals surface area contributed by atoms with E-state index in [0.29, 0.717) is 30.5 Å². The van der Waals surface area contributed by atoms with Gasteiger partial charge in [0.05, 0.1) is 12.3 Å². The summed E-state index contributed by atoms with van der Waals surface area (Å²) in [5.41, 5.74) is 0.734. The van der Waals surface area contributed by atoms with Gasteiger partial charge in [-0.15, -0.1) is 0 Å². The molecule has 2 N–H and O–H groups in total. The highest BCUT2D eigenvalue weighted by Gasteiger charge is 2.23. The van der Waals surface area contributed by atoms with Crippen molar-refractivity contribution in [2.24, 2.45) is 0 Å². The molecular weight excluding hydrogens is 282 g/mol. The summed E-state index contributed by atoms with van der Waals surface area (Å²) in [4.78, 5) is 16.4. The number of aliphatic hydroxyl groups excluding tert-OH is 1. The summed E-state index contributed by atoms with van der Waals surface area (Å²) >= 11 is 0. The minimum absolute atomic E-state index is 0.196. The second-order valence-electron chi connectivity index (χ2n) is 6.15. The topological polar surface area (TPSA) is 68.9 Å². The Morgan fingerprint density at radius 2 is 2.00 bits per heavy atom. The van der Waals surface area contributed by atoms with Crippen LogP contribution in [0.1, 0.15) is 31.2 Å². The van der Waals surface area contributed by atoms with Crippen molar-refractivity contribution in [1.82, 2.24) is 14.4 Å². The van der Waals surface area contributed by atoms with E-state index in [2.05, 4.69) is 16.8 Å². The van der Waals surface area contributed by atoms with E-state index < -0.39 is 5.43 Å². The third kappa shape index (κ3) is 3.51. The third-order valence-corrected chi connectivity index (χ3v) is 4.67. The van der Waals surface area contributed by atoms with E-state index in [1.54, 1.807) is 0 Å². The lowest BCUT2D eigenvalue weighted by Gasteiger charge is -2.35. The minimum atomic E-state index is -0.416. The molecule has 1 aromatic rings. The molecule has 0 aromatic carbocycles.